The average molecular weight is 284 g/mol. The van der Waals surface area contributed by atoms with Crippen molar-refractivity contribution in [3.8, 4) is 5.69 Å². The van der Waals surface area contributed by atoms with E-state index in [2.05, 4.69) is 5.10 Å². The molecular formula is C12H11Cl2N3O. The van der Waals surface area contributed by atoms with Gasteiger partial charge < -0.3 is 5.73 Å². The van der Waals surface area contributed by atoms with Gasteiger partial charge in [0.1, 0.15) is 0 Å². The standard InChI is InChI=1S/C12H11Cl2N3O/c1-2-7-6-17(16-11(7)12(15)18)10-4-3-8(13)5-9(10)14/h3-6H,2H2,1H3,(H2,15,18). The highest BCUT2D eigenvalue weighted by Gasteiger charge is 2.14. The Kier molecular flexibility index (Phi) is 3.59. The molecule has 0 bridgehead atoms. The highest BCUT2D eigenvalue weighted by molar-refractivity contribution is 6.35. The molecule has 1 heterocycles. The van der Waals surface area contributed by atoms with Crippen LogP contribution in [0.15, 0.2) is 24.4 Å². The van der Waals surface area contributed by atoms with Crippen LogP contribution in [0.3, 0.4) is 0 Å². The van der Waals surface area contributed by atoms with Gasteiger partial charge in [0.05, 0.1) is 10.7 Å². The lowest BCUT2D eigenvalue weighted by molar-refractivity contribution is 0.0994. The lowest BCUT2D eigenvalue weighted by Crippen LogP contribution is -2.14. The van der Waals surface area contributed by atoms with E-state index in [1.165, 1.54) is 4.68 Å². The molecule has 2 N–H and O–H groups in total. The number of carbonyl (C=O) groups excluding carboxylic acids is 1. The fraction of sp³-hybridized carbons (Fsp3) is 0.167. The summed E-state index contributed by atoms with van der Waals surface area (Å²) in [6.45, 7) is 1.93. The van der Waals surface area contributed by atoms with Gasteiger partial charge in [-0.05, 0) is 24.6 Å². The topological polar surface area (TPSA) is 60.9 Å². The van der Waals surface area contributed by atoms with Crippen LogP contribution in [0.2, 0.25) is 10.0 Å². The Morgan fingerprint density at radius 3 is 2.67 bits per heavy atom. The molecule has 1 amide bonds. The molecule has 0 atom stereocenters. The van der Waals surface area contributed by atoms with E-state index in [0.717, 1.165) is 5.56 Å². The number of aromatic nitrogens is 2. The molecule has 2 aromatic rings. The number of benzene rings is 1. The molecule has 0 spiro atoms. The third-order valence-corrected chi connectivity index (χ3v) is 3.10. The monoisotopic (exact) mass is 283 g/mol. The van der Waals surface area contributed by atoms with Crippen LogP contribution in [0.5, 0.6) is 0 Å². The van der Waals surface area contributed by atoms with E-state index in [9.17, 15) is 4.79 Å². The van der Waals surface area contributed by atoms with Gasteiger partial charge in [-0.25, -0.2) is 4.68 Å². The van der Waals surface area contributed by atoms with Gasteiger partial charge in [0, 0.05) is 16.8 Å². The van der Waals surface area contributed by atoms with Gasteiger partial charge in [-0.15, -0.1) is 0 Å². The number of carbonyl (C=O) groups is 1. The zero-order valence-corrected chi connectivity index (χ0v) is 11.2. The second kappa shape index (κ2) is 5.00. The van der Waals surface area contributed by atoms with Crippen molar-refractivity contribution in [2.45, 2.75) is 13.3 Å². The summed E-state index contributed by atoms with van der Waals surface area (Å²) in [5.74, 6) is -0.546. The quantitative estimate of drug-likeness (QED) is 0.942. The third-order valence-electron chi connectivity index (χ3n) is 2.56. The molecular weight excluding hydrogens is 273 g/mol. The fourth-order valence-corrected chi connectivity index (χ4v) is 2.16. The van der Waals surface area contributed by atoms with E-state index in [1.54, 1.807) is 24.4 Å². The van der Waals surface area contributed by atoms with Crippen molar-refractivity contribution in [2.75, 3.05) is 0 Å². The van der Waals surface area contributed by atoms with E-state index < -0.39 is 5.91 Å². The van der Waals surface area contributed by atoms with Crippen LogP contribution < -0.4 is 5.73 Å². The highest BCUT2D eigenvalue weighted by Crippen LogP contribution is 2.24. The maximum atomic E-state index is 11.3. The molecule has 2 rings (SSSR count). The van der Waals surface area contributed by atoms with Crippen molar-refractivity contribution in [2.24, 2.45) is 5.73 Å². The Morgan fingerprint density at radius 1 is 1.44 bits per heavy atom. The van der Waals surface area contributed by atoms with Gasteiger partial charge in [0.15, 0.2) is 5.69 Å². The largest absolute Gasteiger partial charge is 0.364 e. The van der Waals surface area contributed by atoms with Crippen LogP contribution in [0, 0.1) is 0 Å². The van der Waals surface area contributed by atoms with Crippen molar-refractivity contribution in [3.05, 3.63) is 45.7 Å². The summed E-state index contributed by atoms with van der Waals surface area (Å²) in [5, 5.41) is 5.16. The lowest BCUT2D eigenvalue weighted by atomic mass is 10.2. The number of nitrogens with two attached hydrogens (primary N) is 1. The van der Waals surface area contributed by atoms with Gasteiger partial charge in [0.2, 0.25) is 0 Å². The van der Waals surface area contributed by atoms with E-state index in [1.807, 2.05) is 6.92 Å². The number of aryl methyl sites for hydroxylation is 1. The molecule has 4 nitrogen and oxygen atoms in total. The van der Waals surface area contributed by atoms with Crippen LogP contribution in [-0.2, 0) is 6.42 Å². The van der Waals surface area contributed by atoms with Crippen LogP contribution in [0.4, 0.5) is 0 Å². The second-order valence-corrected chi connectivity index (χ2v) is 4.60. The van der Waals surface area contributed by atoms with Crippen molar-refractivity contribution in [3.63, 3.8) is 0 Å². The Hall–Kier alpha value is -1.52. The number of hydrogen-bond donors (Lipinski definition) is 1. The first-order valence-corrected chi connectivity index (χ1v) is 6.12. The molecule has 0 radical (unpaired) electrons. The summed E-state index contributed by atoms with van der Waals surface area (Å²) < 4.78 is 1.54. The van der Waals surface area contributed by atoms with E-state index in [-0.39, 0.29) is 5.69 Å². The molecule has 0 aliphatic carbocycles. The number of rotatable bonds is 3. The van der Waals surface area contributed by atoms with Gasteiger partial charge in [-0.2, -0.15) is 5.10 Å². The van der Waals surface area contributed by atoms with Crippen LogP contribution in [0.25, 0.3) is 5.69 Å². The normalized spacial score (nSPS) is 10.6. The molecule has 1 aromatic carbocycles. The summed E-state index contributed by atoms with van der Waals surface area (Å²) in [7, 11) is 0. The first-order chi connectivity index (χ1) is 8.52. The summed E-state index contributed by atoms with van der Waals surface area (Å²) in [4.78, 5) is 11.3. The van der Waals surface area contributed by atoms with E-state index >= 15 is 0 Å². The highest BCUT2D eigenvalue weighted by atomic mass is 35.5. The van der Waals surface area contributed by atoms with E-state index in [0.29, 0.717) is 22.2 Å². The summed E-state index contributed by atoms with van der Waals surface area (Å²) >= 11 is 11.9. The number of nitrogens with zero attached hydrogens (tertiary/aromatic N) is 2. The Balaban J connectivity index is 2.54. The maximum Gasteiger partial charge on any atom is 0.269 e. The van der Waals surface area contributed by atoms with Gasteiger partial charge >= 0.3 is 0 Å². The molecule has 0 aliphatic rings. The number of halogens is 2. The number of amides is 1. The molecule has 0 fully saturated rings. The van der Waals surface area contributed by atoms with Crippen molar-refractivity contribution in [1.29, 1.82) is 0 Å². The predicted molar refractivity (Wildman–Crippen MR) is 71.5 cm³/mol. The predicted octanol–water partition coefficient (Wildman–Crippen LogP) is 2.84. The lowest BCUT2D eigenvalue weighted by Gasteiger charge is -2.04. The van der Waals surface area contributed by atoms with Crippen molar-refractivity contribution < 1.29 is 4.79 Å². The molecule has 0 aliphatic heterocycles. The van der Waals surface area contributed by atoms with Crippen LogP contribution in [0.1, 0.15) is 23.0 Å². The van der Waals surface area contributed by atoms with Crippen molar-refractivity contribution >= 4 is 29.1 Å². The minimum Gasteiger partial charge on any atom is -0.364 e. The minimum atomic E-state index is -0.546. The van der Waals surface area contributed by atoms with Gasteiger partial charge in [-0.3, -0.25) is 4.79 Å². The first kappa shape index (κ1) is 12.9. The second-order valence-electron chi connectivity index (χ2n) is 3.76. The van der Waals surface area contributed by atoms with Gasteiger partial charge in [-0.1, -0.05) is 30.1 Å². The summed E-state index contributed by atoms with van der Waals surface area (Å²) in [5.41, 5.74) is 6.98. The van der Waals surface area contributed by atoms with Gasteiger partial charge in [0.25, 0.3) is 5.91 Å². The minimum absolute atomic E-state index is 0.267. The SMILES string of the molecule is CCc1cn(-c2ccc(Cl)cc2Cl)nc1C(N)=O. The summed E-state index contributed by atoms with van der Waals surface area (Å²) in [6.07, 6.45) is 2.42. The Morgan fingerprint density at radius 2 is 2.17 bits per heavy atom. The zero-order chi connectivity index (χ0) is 13.3. The summed E-state index contributed by atoms with van der Waals surface area (Å²) in [6, 6.07) is 5.07. The third kappa shape index (κ3) is 2.35. The molecule has 0 unspecified atom stereocenters. The molecule has 94 valence electrons. The smallest absolute Gasteiger partial charge is 0.269 e. The maximum absolute atomic E-state index is 11.3. The molecule has 6 heteroatoms. The molecule has 18 heavy (non-hydrogen) atoms. The Bertz CT molecular complexity index is 607. The number of primary amides is 1. The molecule has 0 saturated heterocycles. The Labute approximate surface area is 114 Å². The zero-order valence-electron chi connectivity index (χ0n) is 9.65. The number of hydrogen-bond acceptors (Lipinski definition) is 2. The first-order valence-electron chi connectivity index (χ1n) is 5.36. The molecule has 0 saturated carbocycles. The fourth-order valence-electron chi connectivity index (χ4n) is 1.67. The van der Waals surface area contributed by atoms with Crippen LogP contribution in [-0.4, -0.2) is 15.7 Å². The van der Waals surface area contributed by atoms with E-state index in [4.69, 9.17) is 28.9 Å². The molecule has 1 aromatic heterocycles. The van der Waals surface area contributed by atoms with Crippen LogP contribution >= 0.6 is 23.2 Å². The average Bonchev–Trinajstić information content (AvgIpc) is 2.73. The van der Waals surface area contributed by atoms with Crippen molar-refractivity contribution in [1.82, 2.24) is 9.78 Å².